The topological polar surface area (TPSA) is 129 Å². The van der Waals surface area contributed by atoms with Crippen molar-refractivity contribution >= 4 is 23.9 Å². The number of hydrogen-bond acceptors (Lipinski definition) is 9. The molecule has 0 aromatic carbocycles. The fraction of sp³-hybridized carbons (Fsp3) is 0.932. The lowest BCUT2D eigenvalue weighted by Crippen LogP contribution is -2.34. The van der Waals surface area contributed by atoms with Crippen LogP contribution in [0.15, 0.2) is 0 Å². The highest BCUT2D eigenvalue weighted by Gasteiger charge is 2.24. The van der Waals surface area contributed by atoms with Gasteiger partial charge in [-0.1, -0.05) is 259 Å². The number of carbonyl (C=O) groups excluding carboxylic acids is 3. The second-order valence-corrected chi connectivity index (χ2v) is 20.4. The Morgan fingerprint density at radius 1 is 0.377 bits per heavy atom. The van der Waals surface area contributed by atoms with E-state index in [1.165, 1.54) is 199 Å². The second-order valence-electron chi connectivity index (χ2n) is 20.4. The van der Waals surface area contributed by atoms with Gasteiger partial charge in [-0.05, 0) is 52.7 Å². The van der Waals surface area contributed by atoms with Crippen LogP contribution in [0.5, 0.6) is 0 Å². The zero-order valence-electron chi connectivity index (χ0n) is 46.5. The number of hydrogen-bond donors (Lipinski definition) is 1. The Morgan fingerprint density at radius 3 is 0.928 bits per heavy atom. The van der Waals surface area contributed by atoms with E-state index in [9.17, 15) is 19.2 Å². The molecule has 0 fully saturated rings. The average molecular weight is 983 g/mol. The van der Waals surface area contributed by atoms with Gasteiger partial charge < -0.3 is 29.0 Å². The molecule has 0 saturated carbocycles. The summed E-state index contributed by atoms with van der Waals surface area (Å²) in [5.74, 6) is -1.83. The normalized spacial score (nSPS) is 11.7. The Labute approximate surface area is 427 Å². The van der Waals surface area contributed by atoms with Crippen molar-refractivity contribution in [3.63, 3.8) is 0 Å². The summed E-state index contributed by atoms with van der Waals surface area (Å²) in [6, 6.07) is 0. The van der Waals surface area contributed by atoms with Gasteiger partial charge >= 0.3 is 30.4 Å². The van der Waals surface area contributed by atoms with E-state index in [4.69, 9.17) is 24.1 Å². The Balaban J connectivity index is 0. The van der Waals surface area contributed by atoms with Crippen molar-refractivity contribution in [2.75, 3.05) is 27.2 Å². The Morgan fingerprint density at radius 2 is 0.652 bits per heavy atom. The van der Waals surface area contributed by atoms with Crippen LogP contribution in [0.1, 0.15) is 317 Å². The Bertz CT molecular complexity index is 1060. The van der Waals surface area contributed by atoms with Crippen molar-refractivity contribution in [2.45, 2.75) is 329 Å². The molecule has 0 amide bonds. The summed E-state index contributed by atoms with van der Waals surface area (Å²) < 4.78 is 22.4. The van der Waals surface area contributed by atoms with E-state index in [2.05, 4.69) is 20.8 Å². The molecule has 1 unspecified atom stereocenters. The van der Waals surface area contributed by atoms with Gasteiger partial charge in [-0.2, -0.15) is 0 Å². The van der Waals surface area contributed by atoms with Crippen molar-refractivity contribution < 1.29 is 43.2 Å². The molecule has 0 heterocycles. The number of carbonyl (C=O) groups is 4. The van der Waals surface area contributed by atoms with Gasteiger partial charge in [-0.3, -0.25) is 19.2 Å². The molecule has 1 atom stereocenters. The van der Waals surface area contributed by atoms with Crippen molar-refractivity contribution in [1.29, 1.82) is 0 Å². The SMILES string of the molecule is CCCCCCCCCCCCCCCC(=O)O.CCCCCCCCCCCCCCCC(=O)OC(OC(=O)CCCCCCCCCCCCCCC)OC(CC)COC(=O)CCCN(C)C. The predicted molar refractivity (Wildman–Crippen MR) is 288 cm³/mol. The molecule has 0 saturated heterocycles. The zero-order valence-corrected chi connectivity index (χ0v) is 46.5. The molecule has 0 aromatic heterocycles. The molecule has 10 nitrogen and oxygen atoms in total. The van der Waals surface area contributed by atoms with Crippen LogP contribution >= 0.6 is 0 Å². The predicted octanol–water partition coefficient (Wildman–Crippen LogP) is 17.6. The van der Waals surface area contributed by atoms with E-state index in [1.54, 1.807) is 0 Å². The minimum Gasteiger partial charge on any atom is -0.481 e. The smallest absolute Gasteiger partial charge is 0.365 e. The first-order valence-corrected chi connectivity index (χ1v) is 29.7. The van der Waals surface area contributed by atoms with E-state index in [1.807, 2.05) is 25.9 Å². The van der Waals surface area contributed by atoms with Gasteiger partial charge in [-0.25, -0.2) is 0 Å². The van der Waals surface area contributed by atoms with Crippen molar-refractivity contribution in [2.24, 2.45) is 0 Å². The number of esters is 3. The van der Waals surface area contributed by atoms with Gasteiger partial charge in [0.15, 0.2) is 0 Å². The van der Waals surface area contributed by atoms with E-state index in [-0.39, 0.29) is 25.4 Å². The van der Waals surface area contributed by atoms with E-state index >= 15 is 0 Å². The lowest BCUT2D eigenvalue weighted by Gasteiger charge is -2.23. The Hall–Kier alpha value is -2.20. The third-order valence-electron chi connectivity index (χ3n) is 13.1. The summed E-state index contributed by atoms with van der Waals surface area (Å²) in [5.41, 5.74) is 0. The van der Waals surface area contributed by atoms with Crippen LogP contribution in [0.2, 0.25) is 0 Å². The first kappa shape index (κ1) is 68.9. The monoisotopic (exact) mass is 982 g/mol. The largest absolute Gasteiger partial charge is 0.481 e. The highest BCUT2D eigenvalue weighted by atomic mass is 16.9. The molecule has 0 aliphatic heterocycles. The minimum absolute atomic E-state index is 0.0145. The average Bonchev–Trinajstić information content (AvgIpc) is 3.32. The molecule has 10 heteroatoms. The van der Waals surface area contributed by atoms with Gasteiger partial charge in [0.25, 0.3) is 0 Å². The van der Waals surface area contributed by atoms with Crippen LogP contribution in [-0.4, -0.2) is 73.7 Å². The second kappa shape index (κ2) is 56.7. The molecular formula is C59H115NO9. The molecule has 0 aliphatic rings. The van der Waals surface area contributed by atoms with Crippen molar-refractivity contribution in [1.82, 2.24) is 4.90 Å². The Kier molecular flexibility index (Phi) is 56.6. The van der Waals surface area contributed by atoms with Crippen LogP contribution in [-0.2, 0) is 38.1 Å². The van der Waals surface area contributed by atoms with Crippen LogP contribution in [0.25, 0.3) is 0 Å². The fourth-order valence-electron chi connectivity index (χ4n) is 8.49. The first-order chi connectivity index (χ1) is 33.6. The number of nitrogens with zero attached hydrogens (tertiary/aromatic N) is 1. The molecule has 410 valence electrons. The van der Waals surface area contributed by atoms with Gasteiger partial charge in [-0.15, -0.1) is 0 Å². The molecule has 69 heavy (non-hydrogen) atoms. The van der Waals surface area contributed by atoms with Gasteiger partial charge in [0.1, 0.15) is 6.61 Å². The maximum atomic E-state index is 12.7. The maximum absolute atomic E-state index is 12.7. The lowest BCUT2D eigenvalue weighted by atomic mass is 10.0. The van der Waals surface area contributed by atoms with Crippen LogP contribution in [0.4, 0.5) is 0 Å². The van der Waals surface area contributed by atoms with E-state index < -0.39 is 30.5 Å². The molecular weight excluding hydrogens is 867 g/mol. The van der Waals surface area contributed by atoms with Gasteiger partial charge in [0.2, 0.25) is 0 Å². The molecule has 0 aliphatic carbocycles. The third-order valence-corrected chi connectivity index (χ3v) is 13.1. The minimum atomic E-state index is -1.44. The number of aliphatic carboxylic acids is 1. The number of carboxylic acid groups (broad SMARTS) is 1. The van der Waals surface area contributed by atoms with Crippen LogP contribution in [0, 0.1) is 0 Å². The summed E-state index contributed by atoms with van der Waals surface area (Å²) in [6.07, 6.45) is 50.8. The third kappa shape index (κ3) is 58.3. The van der Waals surface area contributed by atoms with Gasteiger partial charge in [0, 0.05) is 25.7 Å². The summed E-state index contributed by atoms with van der Waals surface area (Å²) in [6.45, 7) is 8.05. The first-order valence-electron chi connectivity index (χ1n) is 29.7. The molecule has 0 spiro atoms. The zero-order chi connectivity index (χ0) is 51.1. The molecule has 0 bridgehead atoms. The summed E-state index contributed by atoms with van der Waals surface area (Å²) in [7, 11) is 3.93. The maximum Gasteiger partial charge on any atom is 0.365 e. The molecule has 1 N–H and O–H groups in total. The standard InChI is InChI=1S/C43H83NO7.C16H32O2/c1-6-9-11-13-15-17-19-21-23-25-27-29-31-34-41(46)50-43(49-39(8-3)38-48-40(45)36-33-37-44(4)5)51-42(47)35-32-30-28-26-24-22-20-18-16-14-12-10-7-2;1-2-3-4-5-6-7-8-9-10-11-12-13-14-15-16(17)18/h39,43H,6-38H2,1-5H3;2-15H2,1H3,(H,17,18). The molecule has 0 aromatic rings. The number of rotatable bonds is 53. The van der Waals surface area contributed by atoms with Gasteiger partial charge in [0.05, 0.1) is 6.10 Å². The number of carboxylic acids is 1. The van der Waals surface area contributed by atoms with E-state index in [0.29, 0.717) is 25.7 Å². The van der Waals surface area contributed by atoms with Crippen LogP contribution in [0.3, 0.4) is 0 Å². The van der Waals surface area contributed by atoms with Crippen LogP contribution < -0.4 is 0 Å². The fourth-order valence-corrected chi connectivity index (χ4v) is 8.49. The molecule has 0 radical (unpaired) electrons. The summed E-state index contributed by atoms with van der Waals surface area (Å²) >= 11 is 0. The van der Waals surface area contributed by atoms with E-state index in [0.717, 1.165) is 57.9 Å². The number of ether oxygens (including phenoxy) is 4. The highest BCUT2D eigenvalue weighted by molar-refractivity contribution is 5.71. The summed E-state index contributed by atoms with van der Waals surface area (Å²) in [5, 5.41) is 8.49. The highest BCUT2D eigenvalue weighted by Crippen LogP contribution is 2.18. The number of unbranched alkanes of at least 4 members (excludes halogenated alkanes) is 36. The molecule has 0 rings (SSSR count). The van der Waals surface area contributed by atoms with Crippen molar-refractivity contribution in [3.05, 3.63) is 0 Å². The van der Waals surface area contributed by atoms with Crippen molar-refractivity contribution in [3.8, 4) is 0 Å². The quantitative estimate of drug-likeness (QED) is 0.0357. The summed E-state index contributed by atoms with van der Waals surface area (Å²) in [4.78, 5) is 50.0. The lowest BCUT2D eigenvalue weighted by molar-refractivity contribution is -0.284.